The summed E-state index contributed by atoms with van der Waals surface area (Å²) in [6.07, 6.45) is 0.233. The first-order chi connectivity index (χ1) is 17.3. The molecule has 2 amide bonds. The Bertz CT molecular complexity index is 1090. The van der Waals surface area contributed by atoms with Crippen molar-refractivity contribution in [1.29, 1.82) is 0 Å². The van der Waals surface area contributed by atoms with Gasteiger partial charge in [-0.05, 0) is 98.7 Å². The maximum absolute atomic E-state index is 13.0. The van der Waals surface area contributed by atoms with E-state index in [4.69, 9.17) is 26.4 Å². The van der Waals surface area contributed by atoms with Gasteiger partial charge in [0, 0.05) is 13.6 Å². The van der Waals surface area contributed by atoms with Crippen molar-refractivity contribution in [2.24, 2.45) is 0 Å². The van der Waals surface area contributed by atoms with Gasteiger partial charge in [-0.1, -0.05) is 17.7 Å². The number of thiocarbonyl (C=S) groups is 1. The summed E-state index contributed by atoms with van der Waals surface area (Å²) in [4.78, 5) is 24.3. The van der Waals surface area contributed by atoms with Gasteiger partial charge in [-0.2, -0.15) is 0 Å². The van der Waals surface area contributed by atoms with E-state index in [0.717, 1.165) is 9.87 Å². The maximum Gasteiger partial charge on any atom is 0.408 e. The Morgan fingerprint density at radius 2 is 1.53 bits per heavy atom. The largest absolute Gasteiger partial charge is 0.444 e. The number of hydrogen-bond donors (Lipinski definition) is 2. The fourth-order valence-electron chi connectivity index (χ4n) is 2.93. The van der Waals surface area contributed by atoms with Gasteiger partial charge in [0.15, 0.2) is 5.05 Å². The third kappa shape index (κ3) is 12.1. The number of rotatable bonds is 11. The van der Waals surface area contributed by atoms with E-state index in [1.807, 2.05) is 6.92 Å². The van der Waals surface area contributed by atoms with Crippen LogP contribution in [0.15, 0.2) is 41.6 Å². The van der Waals surface area contributed by atoms with Crippen molar-refractivity contribution in [3.05, 3.63) is 42.3 Å². The molecule has 10 nitrogen and oxygen atoms in total. The Labute approximate surface area is 232 Å². The van der Waals surface area contributed by atoms with E-state index in [1.54, 1.807) is 53.7 Å². The van der Waals surface area contributed by atoms with Crippen molar-refractivity contribution in [2.75, 3.05) is 13.6 Å². The molecule has 0 radical (unpaired) electrons. The van der Waals surface area contributed by atoms with Crippen LogP contribution in [0.25, 0.3) is 0 Å². The molecule has 214 valence electrons. The lowest BCUT2D eigenvalue weighted by molar-refractivity contribution is 0.0509. The highest BCUT2D eigenvalue weighted by molar-refractivity contribution is 7.89. The molecule has 0 aliphatic heterocycles. The monoisotopic (exact) mass is 571 g/mol. The summed E-state index contributed by atoms with van der Waals surface area (Å²) in [5, 5.41) is 5.27. The van der Waals surface area contributed by atoms with Gasteiger partial charge >= 0.3 is 12.2 Å². The summed E-state index contributed by atoms with van der Waals surface area (Å²) >= 11 is 5.40. The molecule has 1 unspecified atom stereocenters. The molecule has 0 bridgehead atoms. The number of carbonyl (C=O) groups excluding carboxylic acids is 2. The van der Waals surface area contributed by atoms with Crippen LogP contribution in [0.2, 0.25) is 0 Å². The number of unbranched alkanes of at least 4 members (excludes halogenated alkanes) is 1. The van der Waals surface area contributed by atoms with Gasteiger partial charge in [0.25, 0.3) is 10.0 Å². The Hall–Kier alpha value is -2.86. The van der Waals surface area contributed by atoms with E-state index in [-0.39, 0.29) is 15.8 Å². The van der Waals surface area contributed by atoms with Crippen LogP contribution < -0.4 is 10.6 Å². The zero-order chi connectivity index (χ0) is 29.3. The van der Waals surface area contributed by atoms with E-state index in [2.05, 4.69) is 17.2 Å². The molecule has 0 aliphatic rings. The Kier molecular flexibility index (Phi) is 12.0. The fourth-order valence-corrected chi connectivity index (χ4v) is 4.31. The van der Waals surface area contributed by atoms with Gasteiger partial charge in [0.2, 0.25) is 5.88 Å². The molecular weight excluding hydrogens is 530 g/mol. The minimum Gasteiger partial charge on any atom is -0.444 e. The summed E-state index contributed by atoms with van der Waals surface area (Å²) < 4.78 is 43.0. The Balaban J connectivity index is 2.84. The van der Waals surface area contributed by atoms with Crippen LogP contribution in [0, 0.1) is 6.92 Å². The minimum atomic E-state index is -3.93. The van der Waals surface area contributed by atoms with Gasteiger partial charge in [-0.15, -0.1) is 0 Å². The maximum atomic E-state index is 13.0. The van der Waals surface area contributed by atoms with Crippen LogP contribution in [-0.2, 0) is 24.2 Å². The van der Waals surface area contributed by atoms with Gasteiger partial charge < -0.3 is 24.8 Å². The third-order valence-electron chi connectivity index (χ3n) is 4.81. The first-order valence-electron chi connectivity index (χ1n) is 12.2. The van der Waals surface area contributed by atoms with Crippen LogP contribution in [0.5, 0.6) is 0 Å². The molecule has 1 aromatic rings. The van der Waals surface area contributed by atoms with Crippen molar-refractivity contribution < 1.29 is 32.2 Å². The van der Waals surface area contributed by atoms with Crippen molar-refractivity contribution in [3.8, 4) is 0 Å². The molecule has 0 spiro atoms. The normalized spacial score (nSPS) is 12.6. The highest BCUT2D eigenvalue weighted by Crippen LogP contribution is 2.20. The van der Waals surface area contributed by atoms with Crippen LogP contribution >= 0.6 is 12.2 Å². The quantitative estimate of drug-likeness (QED) is 0.216. The van der Waals surface area contributed by atoms with E-state index in [1.165, 1.54) is 19.2 Å². The molecule has 38 heavy (non-hydrogen) atoms. The number of alkyl carbamates (subject to hydrolysis) is 2. The fraction of sp³-hybridized carbons (Fsp3) is 0.577. The summed E-state index contributed by atoms with van der Waals surface area (Å²) in [6, 6.07) is 5.57. The molecule has 0 aliphatic carbocycles. The summed E-state index contributed by atoms with van der Waals surface area (Å²) in [5.41, 5.74) is -0.418. The predicted octanol–water partition coefficient (Wildman–Crippen LogP) is 5.02. The number of nitrogens with one attached hydrogen (secondary N) is 2. The molecule has 0 saturated heterocycles. The molecule has 1 rings (SSSR count). The molecule has 0 saturated carbocycles. The van der Waals surface area contributed by atoms with Crippen molar-refractivity contribution in [1.82, 2.24) is 14.9 Å². The van der Waals surface area contributed by atoms with E-state index in [9.17, 15) is 18.0 Å². The second-order valence-corrected chi connectivity index (χ2v) is 13.1. The zero-order valence-electron chi connectivity index (χ0n) is 23.5. The van der Waals surface area contributed by atoms with Gasteiger partial charge in [0.05, 0.1) is 4.90 Å². The van der Waals surface area contributed by atoms with E-state index in [0.29, 0.717) is 25.8 Å². The van der Waals surface area contributed by atoms with Crippen LogP contribution in [-0.4, -0.2) is 60.8 Å². The molecule has 0 aromatic heterocycles. The van der Waals surface area contributed by atoms with Crippen LogP contribution in [0.3, 0.4) is 0 Å². The molecule has 1 aromatic carbocycles. The predicted molar refractivity (Wildman–Crippen MR) is 150 cm³/mol. The average Bonchev–Trinajstić information content (AvgIpc) is 2.75. The highest BCUT2D eigenvalue weighted by atomic mass is 32.2. The van der Waals surface area contributed by atoms with Gasteiger partial charge in [0.1, 0.15) is 17.2 Å². The van der Waals surface area contributed by atoms with Crippen molar-refractivity contribution >= 4 is 39.5 Å². The van der Waals surface area contributed by atoms with Crippen LogP contribution in [0.1, 0.15) is 66.4 Å². The Morgan fingerprint density at radius 3 is 2.05 bits per heavy atom. The number of aryl methyl sites for hydroxylation is 1. The lowest BCUT2D eigenvalue weighted by Gasteiger charge is -2.26. The molecule has 12 heteroatoms. The van der Waals surface area contributed by atoms with Crippen molar-refractivity contribution in [2.45, 2.75) is 89.9 Å². The summed E-state index contributed by atoms with van der Waals surface area (Å²) in [5.74, 6) is -0.224. The second kappa shape index (κ2) is 13.8. The zero-order valence-corrected chi connectivity index (χ0v) is 25.2. The number of sulfonamides is 1. The number of benzene rings is 1. The van der Waals surface area contributed by atoms with Crippen molar-refractivity contribution in [3.63, 3.8) is 0 Å². The lowest BCUT2D eigenvalue weighted by atomic mass is 10.1. The molecule has 1 atom stereocenters. The topological polar surface area (TPSA) is 123 Å². The number of nitrogens with zero attached hydrogens (tertiary/aromatic N) is 1. The van der Waals surface area contributed by atoms with E-state index < -0.39 is 39.5 Å². The minimum absolute atomic E-state index is 0.0715. The summed E-state index contributed by atoms with van der Waals surface area (Å²) in [6.45, 7) is 16.4. The molecule has 0 fully saturated rings. The molecule has 0 heterocycles. The summed E-state index contributed by atoms with van der Waals surface area (Å²) in [7, 11) is -2.63. The smallest absolute Gasteiger partial charge is 0.408 e. The standard InChI is InChI=1S/C26H41N3O7S2/c1-18-13-15-20(16-14-18)38(32,33)29(9)19(2)34-22(37)21(28-24(31)36-26(6,7)8)12-10-11-17-27-23(30)35-25(3,4)5/h13-16,21H,2,10-12,17H2,1,3-9H3,(H,27,30)(H,28,31). The second-order valence-electron chi connectivity index (χ2n) is 10.7. The number of carbonyl (C=O) groups is 2. The first kappa shape index (κ1) is 33.2. The molecule has 2 N–H and O–H groups in total. The highest BCUT2D eigenvalue weighted by Gasteiger charge is 2.27. The number of amides is 2. The van der Waals surface area contributed by atoms with Crippen LogP contribution in [0.4, 0.5) is 9.59 Å². The lowest BCUT2D eigenvalue weighted by Crippen LogP contribution is -2.44. The van der Waals surface area contributed by atoms with E-state index >= 15 is 0 Å². The SMILES string of the molecule is C=C(OC(=S)C(CCCCNC(=O)OC(C)(C)C)NC(=O)OC(C)(C)C)N(C)S(=O)(=O)c1ccc(C)cc1. The average molecular weight is 572 g/mol. The number of ether oxygens (including phenoxy) is 3. The first-order valence-corrected chi connectivity index (χ1v) is 14.1. The number of hydrogen-bond acceptors (Lipinski definition) is 8. The van der Waals surface area contributed by atoms with Gasteiger partial charge in [-0.25, -0.2) is 22.3 Å². The molecular formula is C26H41N3O7S2. The van der Waals surface area contributed by atoms with Gasteiger partial charge in [-0.3, -0.25) is 0 Å². The third-order valence-corrected chi connectivity index (χ3v) is 6.97. The Morgan fingerprint density at radius 1 is 1.00 bits per heavy atom.